The predicted molar refractivity (Wildman–Crippen MR) is 145 cm³/mol. The minimum atomic E-state index is -0.992. The number of benzene rings is 1. The van der Waals surface area contributed by atoms with Gasteiger partial charge in [0.2, 0.25) is 5.91 Å². The van der Waals surface area contributed by atoms with Gasteiger partial charge in [-0.3, -0.25) is 4.79 Å². The molecule has 2 aliphatic rings. The molecule has 6 nitrogen and oxygen atoms in total. The molecule has 3 atom stereocenters. The summed E-state index contributed by atoms with van der Waals surface area (Å²) in [5.74, 6) is 2.17. The molecule has 36 heavy (non-hydrogen) atoms. The quantitative estimate of drug-likeness (QED) is 0.345. The Bertz CT molecular complexity index is 782. The van der Waals surface area contributed by atoms with Crippen LogP contribution in [-0.4, -0.2) is 63.4 Å². The summed E-state index contributed by atoms with van der Waals surface area (Å²) in [4.78, 5) is 15.6. The number of methoxy groups -OCH3 is 2. The Balaban J connectivity index is 1.70. The lowest BCUT2D eigenvalue weighted by Gasteiger charge is -2.43. The average Bonchev–Trinajstić information content (AvgIpc) is 2.91. The van der Waals surface area contributed by atoms with Gasteiger partial charge < -0.3 is 24.8 Å². The Kier molecular flexibility index (Phi) is 12.0. The summed E-state index contributed by atoms with van der Waals surface area (Å²) in [5, 5.41) is 15.5. The fourth-order valence-electron chi connectivity index (χ4n) is 6.51. The first kappa shape index (κ1) is 28.9. The third-order valence-corrected chi connectivity index (χ3v) is 8.52. The van der Waals surface area contributed by atoms with Crippen molar-refractivity contribution in [3.63, 3.8) is 0 Å². The topological polar surface area (TPSA) is 71.0 Å². The number of nitrogens with one attached hydrogen (secondary N) is 1. The van der Waals surface area contributed by atoms with Crippen LogP contribution in [-0.2, 0) is 15.1 Å². The zero-order valence-corrected chi connectivity index (χ0v) is 23.0. The molecule has 0 radical (unpaired) electrons. The molecule has 2 N–H and O–H groups in total. The highest BCUT2D eigenvalue weighted by atomic mass is 16.5. The summed E-state index contributed by atoms with van der Waals surface area (Å²) in [6, 6.07) is 7.84. The van der Waals surface area contributed by atoms with Crippen LogP contribution in [0.1, 0.15) is 82.6 Å². The fraction of sp³-hybridized carbons (Fsp3) is 0.767. The summed E-state index contributed by atoms with van der Waals surface area (Å²) in [6.45, 7) is 3.00. The number of carbonyl (C=O) groups is 1. The number of nitrogens with zero attached hydrogens (tertiary/aromatic N) is 1. The highest BCUT2D eigenvalue weighted by molar-refractivity contribution is 5.76. The van der Waals surface area contributed by atoms with E-state index in [-0.39, 0.29) is 11.8 Å². The molecule has 1 saturated carbocycles. The zero-order valence-electron chi connectivity index (χ0n) is 23.0. The number of hydrogen-bond donors (Lipinski definition) is 2. The van der Waals surface area contributed by atoms with Crippen LogP contribution in [0.25, 0.3) is 0 Å². The minimum Gasteiger partial charge on any atom is -0.497 e. The molecule has 0 aromatic heterocycles. The molecule has 0 spiro atoms. The number of amides is 1. The summed E-state index contributed by atoms with van der Waals surface area (Å²) in [5.41, 5.74) is -0.0998. The van der Waals surface area contributed by atoms with E-state index in [0.29, 0.717) is 31.9 Å². The fourth-order valence-corrected chi connectivity index (χ4v) is 6.51. The number of unbranched alkanes of at least 4 members (excludes halogenated alkanes) is 1. The van der Waals surface area contributed by atoms with Gasteiger partial charge in [-0.05, 0) is 81.6 Å². The number of aliphatic hydroxyl groups is 1. The second-order valence-electron chi connectivity index (χ2n) is 11.2. The summed E-state index contributed by atoms with van der Waals surface area (Å²) >= 11 is 0. The maximum atomic E-state index is 13.5. The molecule has 1 aliphatic carbocycles. The number of carbonyl (C=O) groups excluding carboxylic acids is 1. The Labute approximate surface area is 219 Å². The standard InChI is InChI=1S/C30H50N2O4/c1-31-22-25(19-24-11-5-4-6-12-24)20-29(33)32-17-10-14-27(23-32)30(34,16-7-8-18-35-2)26-13-9-15-28(21-26)36-3/h9,13,15,21,24-25,27,31,34H,4-8,10-12,14,16-20,22-23H2,1-3H3/t25-,27-,30-/m1/s1. The lowest BCUT2D eigenvalue weighted by atomic mass is 9.74. The first-order valence-corrected chi connectivity index (χ1v) is 14.3. The van der Waals surface area contributed by atoms with Crippen LogP contribution in [0.2, 0.25) is 0 Å². The molecule has 0 bridgehead atoms. The number of ether oxygens (including phenoxy) is 2. The molecule has 1 heterocycles. The van der Waals surface area contributed by atoms with E-state index in [0.717, 1.165) is 62.4 Å². The first-order valence-electron chi connectivity index (χ1n) is 14.3. The monoisotopic (exact) mass is 502 g/mol. The molecular weight excluding hydrogens is 452 g/mol. The number of likely N-dealkylation sites (tertiary alicyclic amines) is 1. The second-order valence-corrected chi connectivity index (χ2v) is 11.2. The van der Waals surface area contributed by atoms with Gasteiger partial charge in [-0.2, -0.15) is 0 Å². The maximum absolute atomic E-state index is 13.5. The predicted octanol–water partition coefficient (Wildman–Crippen LogP) is 5.13. The van der Waals surface area contributed by atoms with Crippen molar-refractivity contribution in [2.75, 3.05) is 47.5 Å². The van der Waals surface area contributed by atoms with Gasteiger partial charge in [0.05, 0.1) is 12.7 Å². The lowest BCUT2D eigenvalue weighted by Crippen LogP contribution is -2.48. The molecule has 3 rings (SSSR count). The van der Waals surface area contributed by atoms with Gasteiger partial charge in [-0.15, -0.1) is 0 Å². The summed E-state index contributed by atoms with van der Waals surface area (Å²) < 4.78 is 10.7. The molecule has 1 amide bonds. The van der Waals surface area contributed by atoms with E-state index >= 15 is 0 Å². The Morgan fingerprint density at radius 1 is 1.17 bits per heavy atom. The largest absolute Gasteiger partial charge is 0.497 e. The van der Waals surface area contributed by atoms with E-state index in [4.69, 9.17) is 9.47 Å². The van der Waals surface area contributed by atoms with Gasteiger partial charge in [0.15, 0.2) is 0 Å². The van der Waals surface area contributed by atoms with Crippen molar-refractivity contribution in [3.8, 4) is 5.75 Å². The normalized spacial score (nSPS) is 21.7. The number of piperidine rings is 1. The molecule has 1 aliphatic heterocycles. The van der Waals surface area contributed by atoms with Crippen LogP contribution in [0.3, 0.4) is 0 Å². The van der Waals surface area contributed by atoms with Crippen molar-refractivity contribution in [3.05, 3.63) is 29.8 Å². The molecule has 204 valence electrons. The Morgan fingerprint density at radius 2 is 1.97 bits per heavy atom. The molecule has 1 aromatic rings. The van der Waals surface area contributed by atoms with Gasteiger partial charge in [-0.25, -0.2) is 0 Å². The van der Waals surface area contributed by atoms with Gasteiger partial charge in [0.1, 0.15) is 5.75 Å². The second kappa shape index (κ2) is 14.9. The van der Waals surface area contributed by atoms with Gasteiger partial charge >= 0.3 is 0 Å². The van der Waals surface area contributed by atoms with Gasteiger partial charge in [-0.1, -0.05) is 44.2 Å². The van der Waals surface area contributed by atoms with E-state index in [9.17, 15) is 9.90 Å². The molecule has 0 unspecified atom stereocenters. The van der Waals surface area contributed by atoms with Gasteiger partial charge in [0, 0.05) is 39.1 Å². The van der Waals surface area contributed by atoms with Crippen LogP contribution in [0.15, 0.2) is 24.3 Å². The van der Waals surface area contributed by atoms with Crippen molar-refractivity contribution in [2.45, 2.75) is 82.7 Å². The number of rotatable bonds is 14. The smallest absolute Gasteiger partial charge is 0.222 e. The Morgan fingerprint density at radius 3 is 2.69 bits per heavy atom. The van der Waals surface area contributed by atoms with Crippen molar-refractivity contribution < 1.29 is 19.4 Å². The first-order chi connectivity index (χ1) is 17.5. The van der Waals surface area contributed by atoms with Crippen LogP contribution in [0.5, 0.6) is 5.75 Å². The molecule has 6 heteroatoms. The van der Waals surface area contributed by atoms with E-state index in [2.05, 4.69) is 5.32 Å². The van der Waals surface area contributed by atoms with Gasteiger partial charge in [0.25, 0.3) is 0 Å². The summed E-state index contributed by atoms with van der Waals surface area (Å²) in [7, 11) is 5.37. The Hall–Kier alpha value is -1.63. The van der Waals surface area contributed by atoms with Crippen molar-refractivity contribution in [1.29, 1.82) is 0 Å². The lowest BCUT2D eigenvalue weighted by molar-refractivity contribution is -0.138. The van der Waals surface area contributed by atoms with Crippen LogP contribution < -0.4 is 10.1 Å². The molecule has 2 fully saturated rings. The van der Waals surface area contributed by atoms with Crippen LogP contribution in [0.4, 0.5) is 0 Å². The summed E-state index contributed by atoms with van der Waals surface area (Å²) in [6.07, 6.45) is 12.7. The van der Waals surface area contributed by atoms with Crippen LogP contribution >= 0.6 is 0 Å². The van der Waals surface area contributed by atoms with Crippen molar-refractivity contribution in [2.24, 2.45) is 17.8 Å². The van der Waals surface area contributed by atoms with E-state index in [1.54, 1.807) is 14.2 Å². The third kappa shape index (κ3) is 8.19. The minimum absolute atomic E-state index is 0.00551. The molecule has 1 aromatic carbocycles. The highest BCUT2D eigenvalue weighted by Gasteiger charge is 2.41. The highest BCUT2D eigenvalue weighted by Crippen LogP contribution is 2.41. The average molecular weight is 503 g/mol. The van der Waals surface area contributed by atoms with Crippen molar-refractivity contribution >= 4 is 5.91 Å². The number of hydrogen-bond acceptors (Lipinski definition) is 5. The van der Waals surface area contributed by atoms with E-state index < -0.39 is 5.60 Å². The van der Waals surface area contributed by atoms with E-state index in [1.807, 2.05) is 36.2 Å². The van der Waals surface area contributed by atoms with Crippen LogP contribution in [0, 0.1) is 17.8 Å². The zero-order chi connectivity index (χ0) is 25.8. The maximum Gasteiger partial charge on any atom is 0.222 e. The SMILES string of the molecule is CNC[C@@H](CC(=O)N1CCC[C@@H]([C@@](O)(CCCCOC)c2cccc(OC)c2)C1)CC1CCCCC1. The van der Waals surface area contributed by atoms with Crippen molar-refractivity contribution in [1.82, 2.24) is 10.2 Å². The van der Waals surface area contributed by atoms with E-state index in [1.165, 1.54) is 32.1 Å². The molecule has 1 saturated heterocycles. The third-order valence-electron chi connectivity index (χ3n) is 8.52. The molecular formula is C30H50N2O4.